The van der Waals surface area contributed by atoms with E-state index in [9.17, 15) is 4.79 Å². The highest BCUT2D eigenvalue weighted by Crippen LogP contribution is 2.34. The average Bonchev–Trinajstić information content (AvgIpc) is 3.51. The van der Waals surface area contributed by atoms with Crippen LogP contribution in [0.2, 0.25) is 0 Å². The van der Waals surface area contributed by atoms with Gasteiger partial charge in [0.25, 0.3) is 0 Å². The molecule has 0 unspecified atom stereocenters. The molecule has 2 aliphatic carbocycles. The number of piperidine rings is 1. The van der Waals surface area contributed by atoms with Crippen molar-refractivity contribution >= 4 is 35.9 Å². The SMILES string of the molecule is CCOC(=O)[C@@H]1CCCN(C(=NC)NCCN(CC2CC2)C2CC2)C1.I. The Morgan fingerprint density at radius 2 is 2.04 bits per heavy atom. The molecule has 3 aliphatic rings. The van der Waals surface area contributed by atoms with Gasteiger partial charge in [0.1, 0.15) is 0 Å². The second-order valence-corrected chi connectivity index (χ2v) is 7.68. The molecule has 0 aromatic heterocycles. The van der Waals surface area contributed by atoms with Crippen molar-refractivity contribution in [3.63, 3.8) is 0 Å². The zero-order chi connectivity index (χ0) is 17.6. The lowest BCUT2D eigenvalue weighted by molar-refractivity contribution is -0.149. The van der Waals surface area contributed by atoms with E-state index in [1.807, 2.05) is 14.0 Å². The summed E-state index contributed by atoms with van der Waals surface area (Å²) < 4.78 is 5.20. The first-order chi connectivity index (χ1) is 12.2. The summed E-state index contributed by atoms with van der Waals surface area (Å²) in [4.78, 5) is 21.4. The van der Waals surface area contributed by atoms with Crippen LogP contribution in [0.5, 0.6) is 0 Å². The van der Waals surface area contributed by atoms with Gasteiger partial charge >= 0.3 is 5.97 Å². The van der Waals surface area contributed by atoms with Crippen molar-refractivity contribution < 1.29 is 9.53 Å². The van der Waals surface area contributed by atoms with Crippen LogP contribution in [0.3, 0.4) is 0 Å². The van der Waals surface area contributed by atoms with Crippen LogP contribution < -0.4 is 5.32 Å². The lowest BCUT2D eigenvalue weighted by Crippen LogP contribution is -2.49. The fourth-order valence-corrected chi connectivity index (χ4v) is 3.76. The van der Waals surface area contributed by atoms with Gasteiger partial charge in [-0.05, 0) is 51.4 Å². The normalized spacial score (nSPS) is 23.6. The molecule has 1 heterocycles. The Labute approximate surface area is 175 Å². The third kappa shape index (κ3) is 6.55. The van der Waals surface area contributed by atoms with Crippen LogP contribution in [0.25, 0.3) is 0 Å². The number of rotatable bonds is 8. The number of likely N-dealkylation sites (tertiary alicyclic amines) is 1. The molecule has 0 aromatic rings. The van der Waals surface area contributed by atoms with Crippen LogP contribution in [0.4, 0.5) is 0 Å². The van der Waals surface area contributed by atoms with Crippen molar-refractivity contribution in [3.05, 3.63) is 0 Å². The molecule has 0 spiro atoms. The van der Waals surface area contributed by atoms with Crippen LogP contribution in [0.1, 0.15) is 45.4 Å². The molecular formula is C19H35IN4O2. The molecule has 6 nitrogen and oxygen atoms in total. The van der Waals surface area contributed by atoms with Crippen LogP contribution in [-0.4, -0.2) is 74.1 Å². The largest absolute Gasteiger partial charge is 0.466 e. The molecular weight excluding hydrogens is 443 g/mol. The molecule has 1 aliphatic heterocycles. The summed E-state index contributed by atoms with van der Waals surface area (Å²) in [7, 11) is 1.83. The van der Waals surface area contributed by atoms with E-state index < -0.39 is 0 Å². The number of carbonyl (C=O) groups excluding carboxylic acids is 1. The Kier molecular flexibility index (Phi) is 8.93. The summed E-state index contributed by atoms with van der Waals surface area (Å²) in [5, 5.41) is 3.52. The third-order valence-corrected chi connectivity index (χ3v) is 5.49. The van der Waals surface area contributed by atoms with E-state index in [4.69, 9.17) is 4.74 Å². The van der Waals surface area contributed by atoms with E-state index in [0.717, 1.165) is 50.4 Å². The van der Waals surface area contributed by atoms with E-state index in [1.54, 1.807) is 0 Å². The number of hydrogen-bond donors (Lipinski definition) is 1. The molecule has 0 amide bonds. The van der Waals surface area contributed by atoms with Gasteiger partial charge in [-0.25, -0.2) is 0 Å². The fourth-order valence-electron chi connectivity index (χ4n) is 3.76. The van der Waals surface area contributed by atoms with E-state index in [-0.39, 0.29) is 35.9 Å². The molecule has 1 atom stereocenters. The maximum Gasteiger partial charge on any atom is 0.310 e. The van der Waals surface area contributed by atoms with E-state index >= 15 is 0 Å². The number of guanidine groups is 1. The number of esters is 1. The summed E-state index contributed by atoms with van der Waals surface area (Å²) in [6, 6.07) is 0.826. The zero-order valence-electron chi connectivity index (χ0n) is 16.3. The highest BCUT2D eigenvalue weighted by Gasteiger charge is 2.33. The number of nitrogens with one attached hydrogen (secondary N) is 1. The highest BCUT2D eigenvalue weighted by atomic mass is 127. The standard InChI is InChI=1S/C19H34N4O2.HI/c1-3-25-18(24)16-5-4-11-23(14-16)19(20-2)21-10-12-22(17-8-9-17)13-15-6-7-15;/h15-17H,3-14H2,1-2H3,(H,20,21);1H/t16-;/m1./s1. The molecule has 2 saturated carbocycles. The number of ether oxygens (including phenoxy) is 1. The summed E-state index contributed by atoms with van der Waals surface area (Å²) in [5.41, 5.74) is 0. The van der Waals surface area contributed by atoms with E-state index in [1.165, 1.54) is 32.2 Å². The summed E-state index contributed by atoms with van der Waals surface area (Å²) in [6.45, 7) is 7.30. The van der Waals surface area contributed by atoms with Gasteiger partial charge in [-0.3, -0.25) is 14.7 Å². The van der Waals surface area contributed by atoms with Gasteiger partial charge in [0, 0.05) is 45.8 Å². The first kappa shape index (κ1) is 21.7. The maximum absolute atomic E-state index is 12.0. The van der Waals surface area contributed by atoms with Crippen molar-refractivity contribution in [3.8, 4) is 0 Å². The minimum absolute atomic E-state index is 0. The Morgan fingerprint density at radius 3 is 2.65 bits per heavy atom. The summed E-state index contributed by atoms with van der Waals surface area (Å²) in [6.07, 6.45) is 7.51. The van der Waals surface area contributed by atoms with Gasteiger partial charge in [0.2, 0.25) is 0 Å². The van der Waals surface area contributed by atoms with Crippen LogP contribution in [0.15, 0.2) is 4.99 Å². The highest BCUT2D eigenvalue weighted by molar-refractivity contribution is 14.0. The third-order valence-electron chi connectivity index (χ3n) is 5.49. The predicted molar refractivity (Wildman–Crippen MR) is 115 cm³/mol. The molecule has 26 heavy (non-hydrogen) atoms. The zero-order valence-corrected chi connectivity index (χ0v) is 18.6. The molecule has 150 valence electrons. The Hall–Kier alpha value is -0.570. The monoisotopic (exact) mass is 478 g/mol. The second kappa shape index (κ2) is 10.7. The van der Waals surface area contributed by atoms with Crippen LogP contribution >= 0.6 is 24.0 Å². The molecule has 3 fully saturated rings. The second-order valence-electron chi connectivity index (χ2n) is 7.68. The fraction of sp³-hybridized carbons (Fsp3) is 0.895. The Morgan fingerprint density at radius 1 is 1.27 bits per heavy atom. The molecule has 0 aromatic carbocycles. The van der Waals surface area contributed by atoms with E-state index in [2.05, 4.69) is 20.1 Å². The maximum atomic E-state index is 12.0. The van der Waals surface area contributed by atoms with E-state index in [0.29, 0.717) is 13.2 Å². The van der Waals surface area contributed by atoms with Crippen molar-refractivity contribution in [2.45, 2.75) is 51.5 Å². The first-order valence-electron chi connectivity index (χ1n) is 10.1. The smallest absolute Gasteiger partial charge is 0.310 e. The van der Waals surface area contributed by atoms with Gasteiger partial charge < -0.3 is 15.0 Å². The average molecular weight is 478 g/mol. The lowest BCUT2D eigenvalue weighted by atomic mass is 9.98. The Balaban J connectivity index is 0.00000243. The minimum atomic E-state index is -0.0630. The summed E-state index contributed by atoms with van der Waals surface area (Å²) in [5.74, 6) is 1.79. The van der Waals surface area contributed by atoms with Crippen LogP contribution in [0, 0.1) is 11.8 Å². The van der Waals surface area contributed by atoms with Gasteiger partial charge in [-0.15, -0.1) is 24.0 Å². The number of hydrogen-bond acceptors (Lipinski definition) is 4. The number of carbonyl (C=O) groups is 1. The van der Waals surface area contributed by atoms with Crippen molar-refractivity contribution in [2.75, 3.05) is 46.4 Å². The first-order valence-corrected chi connectivity index (χ1v) is 10.1. The molecule has 3 rings (SSSR count). The summed E-state index contributed by atoms with van der Waals surface area (Å²) >= 11 is 0. The number of nitrogens with zero attached hydrogens (tertiary/aromatic N) is 3. The molecule has 7 heteroatoms. The number of aliphatic imine (C=N–C) groups is 1. The minimum Gasteiger partial charge on any atom is -0.466 e. The van der Waals surface area contributed by atoms with Gasteiger partial charge in [-0.1, -0.05) is 0 Å². The van der Waals surface area contributed by atoms with Gasteiger partial charge in [-0.2, -0.15) is 0 Å². The molecule has 0 bridgehead atoms. The Bertz CT molecular complexity index is 480. The topological polar surface area (TPSA) is 57.2 Å². The van der Waals surface area contributed by atoms with Gasteiger partial charge in [0.15, 0.2) is 5.96 Å². The quantitative estimate of drug-likeness (QED) is 0.251. The van der Waals surface area contributed by atoms with Gasteiger partial charge in [0.05, 0.1) is 12.5 Å². The molecule has 1 saturated heterocycles. The molecule has 1 N–H and O–H groups in total. The number of halogens is 1. The molecule has 0 radical (unpaired) electrons. The lowest BCUT2D eigenvalue weighted by Gasteiger charge is -2.34. The van der Waals surface area contributed by atoms with Crippen molar-refractivity contribution in [2.24, 2.45) is 16.8 Å². The van der Waals surface area contributed by atoms with Crippen LogP contribution in [-0.2, 0) is 9.53 Å². The van der Waals surface area contributed by atoms with Crippen molar-refractivity contribution in [1.29, 1.82) is 0 Å². The predicted octanol–water partition coefficient (Wildman–Crippen LogP) is 2.33. The van der Waals surface area contributed by atoms with Crippen molar-refractivity contribution in [1.82, 2.24) is 15.1 Å².